The summed E-state index contributed by atoms with van der Waals surface area (Å²) in [6, 6.07) is 2.61. The van der Waals surface area contributed by atoms with Crippen LogP contribution in [0.3, 0.4) is 0 Å². The maximum absolute atomic E-state index is 12.7. The lowest BCUT2D eigenvalue weighted by Crippen LogP contribution is -2.20. The zero-order valence-corrected chi connectivity index (χ0v) is 11.4. The van der Waals surface area contributed by atoms with Crippen LogP contribution in [0.15, 0.2) is 39.9 Å². The number of rotatable bonds is 4. The number of hydrogen-bond acceptors (Lipinski definition) is 6. The number of alkyl halides is 2. The van der Waals surface area contributed by atoms with E-state index in [1.807, 2.05) is 0 Å². The van der Waals surface area contributed by atoms with Gasteiger partial charge in [0.2, 0.25) is 5.89 Å². The Morgan fingerprint density at radius 3 is 2.57 bits per heavy atom. The van der Waals surface area contributed by atoms with E-state index in [-0.39, 0.29) is 23.8 Å². The first-order chi connectivity index (χ1) is 11.0. The average Bonchev–Trinajstić information content (AvgIpc) is 3.01. The molecule has 0 N–H and O–H groups in total. The van der Waals surface area contributed by atoms with Gasteiger partial charge in [0.1, 0.15) is 5.82 Å². The van der Waals surface area contributed by atoms with Gasteiger partial charge in [-0.2, -0.15) is 8.78 Å². The van der Waals surface area contributed by atoms with Crippen LogP contribution >= 0.6 is 0 Å². The van der Waals surface area contributed by atoms with Crippen molar-refractivity contribution in [2.45, 2.75) is 13.0 Å². The summed E-state index contributed by atoms with van der Waals surface area (Å²) in [6.07, 6.45) is 0.501. The maximum atomic E-state index is 12.7. The van der Waals surface area contributed by atoms with Crippen molar-refractivity contribution in [3.63, 3.8) is 0 Å². The summed E-state index contributed by atoms with van der Waals surface area (Å²) in [5.74, 6) is -1.33. The quantitative estimate of drug-likeness (QED) is 0.728. The highest BCUT2D eigenvalue weighted by molar-refractivity contribution is 5.50. The molecular formula is C13H8F3N5O2. The summed E-state index contributed by atoms with van der Waals surface area (Å²) in [4.78, 5) is 19.5. The first-order valence-electron chi connectivity index (χ1n) is 6.32. The molecule has 10 heteroatoms. The molecule has 0 spiro atoms. The summed E-state index contributed by atoms with van der Waals surface area (Å²) < 4.78 is 43.6. The Balaban J connectivity index is 1.85. The van der Waals surface area contributed by atoms with Crippen molar-refractivity contribution < 1.29 is 17.6 Å². The molecule has 0 aliphatic rings. The molecule has 3 heterocycles. The molecule has 0 atom stereocenters. The molecule has 3 aromatic rings. The predicted octanol–water partition coefficient (Wildman–Crippen LogP) is 1.81. The summed E-state index contributed by atoms with van der Waals surface area (Å²) in [6.45, 7) is 0.0332. The molecule has 0 saturated carbocycles. The van der Waals surface area contributed by atoms with Crippen LogP contribution in [-0.2, 0) is 6.54 Å². The van der Waals surface area contributed by atoms with E-state index in [0.717, 1.165) is 18.5 Å². The van der Waals surface area contributed by atoms with E-state index in [2.05, 4.69) is 20.2 Å². The lowest BCUT2D eigenvalue weighted by molar-refractivity contribution is 0.116. The van der Waals surface area contributed by atoms with Crippen LogP contribution in [0.25, 0.3) is 11.5 Å². The second-order valence-electron chi connectivity index (χ2n) is 4.45. The van der Waals surface area contributed by atoms with Crippen LogP contribution in [-0.4, -0.2) is 24.7 Å². The monoisotopic (exact) mass is 323 g/mol. The lowest BCUT2D eigenvalue weighted by atomic mass is 10.2. The molecule has 0 aliphatic carbocycles. The van der Waals surface area contributed by atoms with Crippen molar-refractivity contribution in [2.75, 3.05) is 0 Å². The van der Waals surface area contributed by atoms with Crippen molar-refractivity contribution in [1.82, 2.24) is 24.7 Å². The molecular weight excluding hydrogens is 315 g/mol. The number of aromatic nitrogens is 5. The van der Waals surface area contributed by atoms with Crippen molar-refractivity contribution in [2.24, 2.45) is 0 Å². The highest BCUT2D eigenvalue weighted by atomic mass is 19.3. The topological polar surface area (TPSA) is 86.7 Å². The Kier molecular flexibility index (Phi) is 3.87. The minimum atomic E-state index is -2.88. The predicted molar refractivity (Wildman–Crippen MR) is 70.0 cm³/mol. The molecule has 0 aliphatic heterocycles. The molecule has 0 aromatic carbocycles. The van der Waals surface area contributed by atoms with Crippen LogP contribution < -0.4 is 5.56 Å². The van der Waals surface area contributed by atoms with E-state index < -0.39 is 23.7 Å². The van der Waals surface area contributed by atoms with Crippen LogP contribution in [0.4, 0.5) is 13.2 Å². The zero-order chi connectivity index (χ0) is 16.4. The van der Waals surface area contributed by atoms with Gasteiger partial charge in [0.15, 0.2) is 5.82 Å². The van der Waals surface area contributed by atoms with E-state index in [9.17, 15) is 18.0 Å². The Hall–Kier alpha value is -3.04. The van der Waals surface area contributed by atoms with Gasteiger partial charge in [-0.05, 0) is 6.07 Å². The summed E-state index contributed by atoms with van der Waals surface area (Å²) in [5, 5.41) is 6.65. The molecule has 0 amide bonds. The lowest BCUT2D eigenvalue weighted by Gasteiger charge is -2.04. The molecule has 0 radical (unpaired) electrons. The number of pyridine rings is 1. The fraction of sp³-hybridized carbons (Fsp3) is 0.154. The highest BCUT2D eigenvalue weighted by Gasteiger charge is 2.17. The third-order valence-corrected chi connectivity index (χ3v) is 2.86. The molecule has 3 aromatic heterocycles. The molecule has 23 heavy (non-hydrogen) atoms. The molecule has 0 bridgehead atoms. The van der Waals surface area contributed by atoms with Crippen LogP contribution in [0.2, 0.25) is 0 Å². The largest absolute Gasteiger partial charge is 0.415 e. The van der Waals surface area contributed by atoms with Gasteiger partial charge in [-0.25, -0.2) is 14.4 Å². The Morgan fingerprint density at radius 1 is 1.22 bits per heavy atom. The summed E-state index contributed by atoms with van der Waals surface area (Å²) in [7, 11) is 0. The van der Waals surface area contributed by atoms with Gasteiger partial charge in [-0.1, -0.05) is 0 Å². The highest BCUT2D eigenvalue weighted by Crippen LogP contribution is 2.22. The number of hydrogen-bond donors (Lipinski definition) is 0. The van der Waals surface area contributed by atoms with Crippen LogP contribution in [0.1, 0.15) is 18.1 Å². The van der Waals surface area contributed by atoms with E-state index in [1.165, 1.54) is 16.8 Å². The summed E-state index contributed by atoms with van der Waals surface area (Å²) in [5.41, 5.74) is -0.238. The number of halogens is 3. The van der Waals surface area contributed by atoms with Gasteiger partial charge in [0, 0.05) is 17.8 Å². The van der Waals surface area contributed by atoms with Gasteiger partial charge in [-0.3, -0.25) is 4.79 Å². The van der Waals surface area contributed by atoms with Gasteiger partial charge < -0.3 is 8.98 Å². The minimum Gasteiger partial charge on any atom is -0.415 e. The van der Waals surface area contributed by atoms with Gasteiger partial charge >= 0.3 is 6.43 Å². The Labute approximate surface area is 126 Å². The van der Waals surface area contributed by atoms with Crippen molar-refractivity contribution in [3.8, 4) is 11.5 Å². The molecule has 0 unspecified atom stereocenters. The third kappa shape index (κ3) is 3.25. The first kappa shape index (κ1) is 14.9. The smallest absolute Gasteiger partial charge is 0.314 e. The minimum absolute atomic E-state index is 0.0332. The molecule has 118 valence electrons. The van der Waals surface area contributed by atoms with Gasteiger partial charge in [-0.15, -0.1) is 10.2 Å². The standard InChI is InChI=1S/C13H8F3N5O2/c14-8-4-17-9(18-5-8)6-21-2-1-7(3-10(21)22)12-19-20-13(23-12)11(15)16/h1-5,11H,6H2. The van der Waals surface area contributed by atoms with Crippen molar-refractivity contribution in [1.29, 1.82) is 0 Å². The normalized spacial score (nSPS) is 11.1. The molecule has 3 rings (SSSR count). The van der Waals surface area contributed by atoms with E-state index in [1.54, 1.807) is 0 Å². The van der Waals surface area contributed by atoms with Crippen molar-refractivity contribution in [3.05, 3.63) is 58.6 Å². The molecule has 7 nitrogen and oxygen atoms in total. The van der Waals surface area contributed by atoms with E-state index in [4.69, 9.17) is 4.42 Å². The molecule has 0 fully saturated rings. The number of nitrogens with zero attached hydrogens (tertiary/aromatic N) is 5. The molecule has 0 saturated heterocycles. The maximum Gasteiger partial charge on any atom is 0.314 e. The van der Waals surface area contributed by atoms with Gasteiger partial charge in [0.25, 0.3) is 11.4 Å². The fourth-order valence-electron chi connectivity index (χ4n) is 1.78. The van der Waals surface area contributed by atoms with Crippen LogP contribution in [0.5, 0.6) is 0 Å². The van der Waals surface area contributed by atoms with Gasteiger partial charge in [0.05, 0.1) is 18.9 Å². The Morgan fingerprint density at radius 2 is 1.96 bits per heavy atom. The average molecular weight is 323 g/mol. The fourth-order valence-corrected chi connectivity index (χ4v) is 1.78. The first-order valence-corrected chi connectivity index (χ1v) is 6.32. The van der Waals surface area contributed by atoms with E-state index >= 15 is 0 Å². The SMILES string of the molecule is O=c1cc(-c2nnc(C(F)F)o2)ccn1Cc1ncc(F)cn1. The summed E-state index contributed by atoms with van der Waals surface area (Å²) >= 11 is 0. The Bertz CT molecular complexity index is 876. The van der Waals surface area contributed by atoms with Crippen LogP contribution in [0, 0.1) is 5.82 Å². The second kappa shape index (κ2) is 5.99. The van der Waals surface area contributed by atoms with E-state index in [0.29, 0.717) is 0 Å². The van der Waals surface area contributed by atoms with Crippen molar-refractivity contribution >= 4 is 0 Å². The third-order valence-electron chi connectivity index (χ3n) is 2.86. The zero-order valence-electron chi connectivity index (χ0n) is 11.4. The second-order valence-corrected chi connectivity index (χ2v) is 4.45.